The fourth-order valence-electron chi connectivity index (χ4n) is 1.53. The molecule has 0 aliphatic carbocycles. The maximum Gasteiger partial charge on any atom is 0.126 e. The minimum atomic E-state index is -0.195. The van der Waals surface area contributed by atoms with Gasteiger partial charge in [0.1, 0.15) is 5.82 Å². The van der Waals surface area contributed by atoms with Crippen molar-refractivity contribution in [2.24, 2.45) is 5.84 Å². The van der Waals surface area contributed by atoms with E-state index in [0.717, 1.165) is 24.0 Å². The molecule has 88 valence electrons. The third kappa shape index (κ3) is 3.15. The second kappa shape index (κ2) is 5.77. The van der Waals surface area contributed by atoms with Gasteiger partial charge in [0.15, 0.2) is 0 Å². The predicted molar refractivity (Wildman–Crippen MR) is 65.2 cm³/mol. The van der Waals surface area contributed by atoms with Gasteiger partial charge >= 0.3 is 0 Å². The molecule has 0 amide bonds. The molecule has 0 spiro atoms. The number of hydrogen-bond donors (Lipinski definition) is 2. The molecular formula is C13H19FN2. The van der Waals surface area contributed by atoms with Crippen LogP contribution in [0.3, 0.4) is 0 Å². The first-order valence-corrected chi connectivity index (χ1v) is 5.47. The summed E-state index contributed by atoms with van der Waals surface area (Å²) < 4.78 is 13.4. The Kier molecular flexibility index (Phi) is 4.65. The van der Waals surface area contributed by atoms with E-state index in [-0.39, 0.29) is 11.9 Å². The molecule has 16 heavy (non-hydrogen) atoms. The first kappa shape index (κ1) is 12.9. The second-order valence-corrected chi connectivity index (χ2v) is 4.04. The maximum atomic E-state index is 13.4. The highest BCUT2D eigenvalue weighted by molar-refractivity contribution is 5.26. The SMILES string of the molecule is C=C(CC)CC(NN)c1ccc(C)c(F)c1. The molecule has 2 nitrogen and oxygen atoms in total. The van der Waals surface area contributed by atoms with Crippen molar-refractivity contribution in [3.63, 3.8) is 0 Å². The molecule has 0 saturated carbocycles. The highest BCUT2D eigenvalue weighted by Crippen LogP contribution is 2.22. The number of hydrazine groups is 1. The molecule has 0 aliphatic heterocycles. The van der Waals surface area contributed by atoms with E-state index in [1.165, 1.54) is 6.07 Å². The van der Waals surface area contributed by atoms with Crippen molar-refractivity contribution in [1.82, 2.24) is 5.43 Å². The zero-order chi connectivity index (χ0) is 12.1. The lowest BCUT2D eigenvalue weighted by Gasteiger charge is -2.17. The molecule has 0 heterocycles. The van der Waals surface area contributed by atoms with Crippen LogP contribution in [0.15, 0.2) is 30.4 Å². The van der Waals surface area contributed by atoms with Gasteiger partial charge in [0, 0.05) is 6.04 Å². The van der Waals surface area contributed by atoms with E-state index >= 15 is 0 Å². The minimum Gasteiger partial charge on any atom is -0.271 e. The molecular weight excluding hydrogens is 203 g/mol. The molecule has 3 N–H and O–H groups in total. The topological polar surface area (TPSA) is 38.0 Å². The van der Waals surface area contributed by atoms with E-state index in [1.54, 1.807) is 13.0 Å². The summed E-state index contributed by atoms with van der Waals surface area (Å²) in [7, 11) is 0. The maximum absolute atomic E-state index is 13.4. The monoisotopic (exact) mass is 222 g/mol. The van der Waals surface area contributed by atoms with Crippen LogP contribution in [0.2, 0.25) is 0 Å². The van der Waals surface area contributed by atoms with Gasteiger partial charge in [-0.25, -0.2) is 4.39 Å². The lowest BCUT2D eigenvalue weighted by Crippen LogP contribution is -2.28. The van der Waals surface area contributed by atoms with Crippen LogP contribution in [0.25, 0.3) is 0 Å². The number of halogens is 1. The van der Waals surface area contributed by atoms with Crippen molar-refractivity contribution in [3.8, 4) is 0 Å². The first-order chi connectivity index (χ1) is 7.58. The van der Waals surface area contributed by atoms with Crippen molar-refractivity contribution in [2.75, 3.05) is 0 Å². The number of nitrogens with two attached hydrogens (primary N) is 1. The largest absolute Gasteiger partial charge is 0.271 e. The third-order valence-electron chi connectivity index (χ3n) is 2.79. The smallest absolute Gasteiger partial charge is 0.126 e. The quantitative estimate of drug-likeness (QED) is 0.456. The summed E-state index contributed by atoms with van der Waals surface area (Å²) in [6.07, 6.45) is 1.64. The number of rotatable bonds is 5. The summed E-state index contributed by atoms with van der Waals surface area (Å²) in [5.41, 5.74) is 5.31. The van der Waals surface area contributed by atoms with Gasteiger partial charge in [0.25, 0.3) is 0 Å². The number of nitrogens with one attached hydrogen (secondary N) is 1. The Bertz CT molecular complexity index is 374. The standard InChI is InChI=1S/C13H19FN2/c1-4-9(2)7-13(16-15)11-6-5-10(3)12(14)8-11/h5-6,8,13,16H,2,4,7,15H2,1,3H3. The van der Waals surface area contributed by atoms with Crippen LogP contribution in [0.4, 0.5) is 4.39 Å². The van der Waals surface area contributed by atoms with Crippen LogP contribution >= 0.6 is 0 Å². The zero-order valence-electron chi connectivity index (χ0n) is 9.89. The van der Waals surface area contributed by atoms with Gasteiger partial charge in [-0.3, -0.25) is 11.3 Å². The average molecular weight is 222 g/mol. The van der Waals surface area contributed by atoms with E-state index in [0.29, 0.717) is 5.56 Å². The molecule has 0 radical (unpaired) electrons. The Labute approximate surface area is 96.3 Å². The second-order valence-electron chi connectivity index (χ2n) is 4.04. The zero-order valence-corrected chi connectivity index (χ0v) is 9.89. The molecule has 0 aromatic heterocycles. The summed E-state index contributed by atoms with van der Waals surface area (Å²) in [5, 5.41) is 0. The van der Waals surface area contributed by atoms with Crippen molar-refractivity contribution >= 4 is 0 Å². The summed E-state index contributed by atoms with van der Waals surface area (Å²) in [6.45, 7) is 7.73. The first-order valence-electron chi connectivity index (χ1n) is 5.47. The normalized spacial score (nSPS) is 12.5. The van der Waals surface area contributed by atoms with Gasteiger partial charge in [0.05, 0.1) is 0 Å². The molecule has 1 atom stereocenters. The van der Waals surface area contributed by atoms with Gasteiger partial charge in [-0.15, -0.1) is 0 Å². The summed E-state index contributed by atoms with van der Waals surface area (Å²) >= 11 is 0. The third-order valence-corrected chi connectivity index (χ3v) is 2.79. The Morgan fingerprint density at radius 3 is 2.75 bits per heavy atom. The van der Waals surface area contributed by atoms with E-state index in [1.807, 2.05) is 13.0 Å². The summed E-state index contributed by atoms with van der Waals surface area (Å²) in [5.74, 6) is 5.29. The molecule has 0 saturated heterocycles. The lowest BCUT2D eigenvalue weighted by molar-refractivity contribution is 0.537. The Morgan fingerprint density at radius 1 is 1.56 bits per heavy atom. The highest BCUT2D eigenvalue weighted by Gasteiger charge is 2.12. The molecule has 1 aromatic carbocycles. The summed E-state index contributed by atoms with van der Waals surface area (Å²) in [6, 6.07) is 5.13. The molecule has 3 heteroatoms. The molecule has 1 rings (SSSR count). The molecule has 0 bridgehead atoms. The molecule has 0 aliphatic rings. The van der Waals surface area contributed by atoms with E-state index < -0.39 is 0 Å². The van der Waals surface area contributed by atoms with Crippen LogP contribution < -0.4 is 11.3 Å². The van der Waals surface area contributed by atoms with E-state index in [9.17, 15) is 4.39 Å². The van der Waals surface area contributed by atoms with Crippen molar-refractivity contribution < 1.29 is 4.39 Å². The fourth-order valence-corrected chi connectivity index (χ4v) is 1.53. The Balaban J connectivity index is 2.86. The Hall–Kier alpha value is -1.19. The van der Waals surface area contributed by atoms with Crippen molar-refractivity contribution in [1.29, 1.82) is 0 Å². The number of hydrogen-bond acceptors (Lipinski definition) is 2. The highest BCUT2D eigenvalue weighted by atomic mass is 19.1. The van der Waals surface area contributed by atoms with Crippen LogP contribution in [0.1, 0.15) is 36.9 Å². The van der Waals surface area contributed by atoms with Crippen molar-refractivity contribution in [3.05, 3.63) is 47.3 Å². The van der Waals surface area contributed by atoms with Crippen LogP contribution in [0, 0.1) is 12.7 Å². The molecule has 0 fully saturated rings. The number of benzene rings is 1. The van der Waals surface area contributed by atoms with Gasteiger partial charge < -0.3 is 0 Å². The van der Waals surface area contributed by atoms with Gasteiger partial charge in [-0.2, -0.15) is 0 Å². The predicted octanol–water partition coefficient (Wildman–Crippen LogP) is 2.99. The fraction of sp³-hybridized carbons (Fsp3) is 0.385. The summed E-state index contributed by atoms with van der Waals surface area (Å²) in [4.78, 5) is 0. The van der Waals surface area contributed by atoms with Gasteiger partial charge in [0.2, 0.25) is 0 Å². The van der Waals surface area contributed by atoms with Crippen LogP contribution in [-0.2, 0) is 0 Å². The van der Waals surface area contributed by atoms with Crippen LogP contribution in [-0.4, -0.2) is 0 Å². The Morgan fingerprint density at radius 2 is 2.25 bits per heavy atom. The minimum absolute atomic E-state index is 0.0671. The van der Waals surface area contributed by atoms with E-state index in [2.05, 4.69) is 12.0 Å². The molecule has 1 aromatic rings. The van der Waals surface area contributed by atoms with Gasteiger partial charge in [-0.1, -0.05) is 31.2 Å². The average Bonchev–Trinajstić information content (AvgIpc) is 2.29. The number of aryl methyl sites for hydroxylation is 1. The van der Waals surface area contributed by atoms with E-state index in [4.69, 9.17) is 5.84 Å². The van der Waals surface area contributed by atoms with Crippen LogP contribution in [0.5, 0.6) is 0 Å². The lowest BCUT2D eigenvalue weighted by atomic mass is 9.98. The van der Waals surface area contributed by atoms with Gasteiger partial charge in [-0.05, 0) is 37.0 Å². The molecule has 1 unspecified atom stereocenters. The van der Waals surface area contributed by atoms with Crippen molar-refractivity contribution in [2.45, 2.75) is 32.7 Å².